The molecule has 21 heavy (non-hydrogen) atoms. The molecular weight excluding hydrogens is 280 g/mol. The molecule has 2 nitrogen and oxygen atoms in total. The van der Waals surface area contributed by atoms with E-state index in [0.29, 0.717) is 6.04 Å². The van der Waals surface area contributed by atoms with Crippen LogP contribution in [0.3, 0.4) is 0 Å². The van der Waals surface area contributed by atoms with Gasteiger partial charge in [0.1, 0.15) is 0 Å². The number of nitrogens with zero attached hydrogens (tertiary/aromatic N) is 2. The summed E-state index contributed by atoms with van der Waals surface area (Å²) in [5.74, 6) is 0. The topological polar surface area (TPSA) is 6.48 Å². The Hall–Kier alpha value is -0.830. The van der Waals surface area contributed by atoms with Gasteiger partial charge in [-0.1, -0.05) is 35.9 Å². The molecule has 1 aromatic rings. The Morgan fingerprint density at radius 1 is 1.00 bits per heavy atom. The molecule has 1 unspecified atom stereocenters. The second kappa shape index (κ2) is 7.44. The molecule has 1 fully saturated rings. The number of benzene rings is 1. The molecule has 3 heteroatoms. The zero-order chi connectivity index (χ0) is 14.5. The molecule has 114 valence electrons. The number of hydrogen-bond acceptors (Lipinski definition) is 2. The summed E-state index contributed by atoms with van der Waals surface area (Å²) in [7, 11) is 0. The van der Waals surface area contributed by atoms with Gasteiger partial charge in [-0.05, 0) is 56.5 Å². The summed E-state index contributed by atoms with van der Waals surface area (Å²) in [5.41, 5.74) is 1.37. The van der Waals surface area contributed by atoms with Crippen LogP contribution >= 0.6 is 11.6 Å². The summed E-state index contributed by atoms with van der Waals surface area (Å²) in [4.78, 5) is 5.26. The molecule has 1 atom stereocenters. The molecule has 1 aromatic carbocycles. The van der Waals surface area contributed by atoms with Crippen LogP contribution in [0.25, 0.3) is 0 Å². The monoisotopic (exact) mass is 304 g/mol. The van der Waals surface area contributed by atoms with Crippen molar-refractivity contribution in [3.05, 3.63) is 47.0 Å². The fourth-order valence-corrected chi connectivity index (χ4v) is 3.55. The van der Waals surface area contributed by atoms with Crippen molar-refractivity contribution in [2.45, 2.75) is 38.3 Å². The van der Waals surface area contributed by atoms with Crippen LogP contribution in [0, 0.1) is 0 Å². The van der Waals surface area contributed by atoms with Gasteiger partial charge in [0.05, 0.1) is 0 Å². The van der Waals surface area contributed by atoms with Crippen LogP contribution in [-0.2, 0) is 6.54 Å². The molecule has 1 saturated heterocycles. The normalized spacial score (nSPS) is 24.9. The first kappa shape index (κ1) is 15.1. The highest BCUT2D eigenvalue weighted by atomic mass is 35.5. The lowest BCUT2D eigenvalue weighted by Gasteiger charge is -2.30. The van der Waals surface area contributed by atoms with E-state index in [-0.39, 0.29) is 0 Å². The van der Waals surface area contributed by atoms with Gasteiger partial charge in [-0.2, -0.15) is 0 Å². The second-order valence-corrected chi connectivity index (χ2v) is 6.65. The van der Waals surface area contributed by atoms with Crippen molar-refractivity contribution in [2.75, 3.05) is 26.2 Å². The molecule has 2 aliphatic rings. The van der Waals surface area contributed by atoms with Gasteiger partial charge >= 0.3 is 0 Å². The Bertz CT molecular complexity index is 469. The minimum Gasteiger partial charge on any atom is -0.298 e. The number of rotatable bonds is 3. The lowest BCUT2D eigenvalue weighted by atomic mass is 10.0. The SMILES string of the molecule is Clc1ccc(CN2CCCN(C3C=CCCC3)CC2)cc1. The average molecular weight is 305 g/mol. The Kier molecular flexibility index (Phi) is 5.34. The summed E-state index contributed by atoms with van der Waals surface area (Å²) < 4.78 is 0. The lowest BCUT2D eigenvalue weighted by molar-refractivity contribution is 0.211. The van der Waals surface area contributed by atoms with Crippen molar-refractivity contribution in [1.29, 1.82) is 0 Å². The molecule has 0 N–H and O–H groups in total. The maximum Gasteiger partial charge on any atom is 0.0406 e. The van der Waals surface area contributed by atoms with Gasteiger partial charge in [0.25, 0.3) is 0 Å². The molecule has 1 heterocycles. The average Bonchev–Trinajstić information content (AvgIpc) is 2.76. The zero-order valence-corrected chi connectivity index (χ0v) is 13.4. The van der Waals surface area contributed by atoms with E-state index in [4.69, 9.17) is 11.6 Å². The highest BCUT2D eigenvalue weighted by Gasteiger charge is 2.21. The largest absolute Gasteiger partial charge is 0.298 e. The minimum atomic E-state index is 0.689. The van der Waals surface area contributed by atoms with E-state index >= 15 is 0 Å². The van der Waals surface area contributed by atoms with Crippen LogP contribution in [-0.4, -0.2) is 42.0 Å². The molecular formula is C18H25ClN2. The molecule has 0 saturated carbocycles. The summed E-state index contributed by atoms with van der Waals surface area (Å²) >= 11 is 5.96. The second-order valence-electron chi connectivity index (χ2n) is 6.22. The molecule has 3 rings (SSSR count). The molecule has 0 amide bonds. The molecule has 0 radical (unpaired) electrons. The first-order chi connectivity index (χ1) is 10.3. The molecule has 1 aliphatic carbocycles. The van der Waals surface area contributed by atoms with E-state index in [1.807, 2.05) is 12.1 Å². The minimum absolute atomic E-state index is 0.689. The number of halogens is 1. The predicted molar refractivity (Wildman–Crippen MR) is 89.7 cm³/mol. The molecule has 0 spiro atoms. The van der Waals surface area contributed by atoms with Gasteiger partial charge in [0, 0.05) is 30.7 Å². The predicted octanol–water partition coefficient (Wildman–Crippen LogP) is 3.96. The van der Waals surface area contributed by atoms with Gasteiger partial charge in [-0.3, -0.25) is 9.80 Å². The van der Waals surface area contributed by atoms with Crippen LogP contribution in [0.5, 0.6) is 0 Å². The maximum absolute atomic E-state index is 5.96. The van der Waals surface area contributed by atoms with Crippen molar-refractivity contribution < 1.29 is 0 Å². The van der Waals surface area contributed by atoms with Gasteiger partial charge in [0.2, 0.25) is 0 Å². The Labute approximate surface area is 133 Å². The number of allylic oxidation sites excluding steroid dienone is 1. The van der Waals surface area contributed by atoms with Crippen LogP contribution in [0.15, 0.2) is 36.4 Å². The standard InChI is InChI=1S/C18H25ClN2/c19-17-9-7-16(8-10-17)15-20-11-4-12-21(14-13-20)18-5-2-1-3-6-18/h2,5,7-10,18H,1,3-4,6,11-15H2. The molecule has 0 bridgehead atoms. The van der Waals surface area contributed by atoms with Gasteiger partial charge in [-0.25, -0.2) is 0 Å². The van der Waals surface area contributed by atoms with Crippen molar-refractivity contribution in [3.63, 3.8) is 0 Å². The summed E-state index contributed by atoms with van der Waals surface area (Å²) in [5, 5.41) is 0.824. The van der Waals surface area contributed by atoms with Crippen LogP contribution in [0.2, 0.25) is 5.02 Å². The zero-order valence-electron chi connectivity index (χ0n) is 12.7. The quantitative estimate of drug-likeness (QED) is 0.780. The Morgan fingerprint density at radius 2 is 1.86 bits per heavy atom. The summed E-state index contributed by atoms with van der Waals surface area (Å²) in [6.45, 7) is 5.86. The van der Waals surface area contributed by atoms with Crippen LogP contribution in [0.4, 0.5) is 0 Å². The van der Waals surface area contributed by atoms with Crippen molar-refractivity contribution in [1.82, 2.24) is 9.80 Å². The van der Waals surface area contributed by atoms with E-state index in [9.17, 15) is 0 Å². The smallest absolute Gasteiger partial charge is 0.0406 e. The van der Waals surface area contributed by atoms with E-state index in [1.165, 1.54) is 57.4 Å². The van der Waals surface area contributed by atoms with E-state index < -0.39 is 0 Å². The van der Waals surface area contributed by atoms with Gasteiger partial charge in [0.15, 0.2) is 0 Å². The fraction of sp³-hybridized carbons (Fsp3) is 0.556. The Morgan fingerprint density at radius 3 is 2.62 bits per heavy atom. The van der Waals surface area contributed by atoms with Crippen molar-refractivity contribution in [3.8, 4) is 0 Å². The summed E-state index contributed by atoms with van der Waals surface area (Å²) in [6, 6.07) is 8.97. The van der Waals surface area contributed by atoms with Crippen molar-refractivity contribution in [2.24, 2.45) is 0 Å². The van der Waals surface area contributed by atoms with Crippen LogP contribution in [0.1, 0.15) is 31.2 Å². The number of hydrogen-bond donors (Lipinski definition) is 0. The van der Waals surface area contributed by atoms with Crippen molar-refractivity contribution >= 4 is 11.6 Å². The first-order valence-corrected chi connectivity index (χ1v) is 8.56. The third kappa shape index (κ3) is 4.32. The van der Waals surface area contributed by atoms with Gasteiger partial charge in [-0.15, -0.1) is 0 Å². The lowest BCUT2D eigenvalue weighted by Crippen LogP contribution is -2.38. The third-order valence-corrected chi connectivity index (χ3v) is 4.89. The van der Waals surface area contributed by atoms with E-state index in [0.717, 1.165) is 11.6 Å². The van der Waals surface area contributed by atoms with Gasteiger partial charge < -0.3 is 0 Å². The van der Waals surface area contributed by atoms with E-state index in [2.05, 4.69) is 34.1 Å². The molecule has 0 aromatic heterocycles. The van der Waals surface area contributed by atoms with E-state index in [1.54, 1.807) is 0 Å². The highest BCUT2D eigenvalue weighted by molar-refractivity contribution is 6.30. The summed E-state index contributed by atoms with van der Waals surface area (Å²) in [6.07, 6.45) is 10.0. The molecule has 1 aliphatic heterocycles. The fourth-order valence-electron chi connectivity index (χ4n) is 3.43. The van der Waals surface area contributed by atoms with Crippen LogP contribution < -0.4 is 0 Å². The Balaban J connectivity index is 1.54. The maximum atomic E-state index is 5.96. The third-order valence-electron chi connectivity index (χ3n) is 4.64. The first-order valence-electron chi connectivity index (χ1n) is 8.19. The highest BCUT2D eigenvalue weighted by Crippen LogP contribution is 2.19.